The van der Waals surface area contributed by atoms with Gasteiger partial charge >= 0.3 is 0 Å². The number of carbonyl (C=O) groups excluding carboxylic acids is 2. The average molecular weight is 396 g/mol. The van der Waals surface area contributed by atoms with E-state index in [1.54, 1.807) is 19.4 Å². The Morgan fingerprint density at radius 1 is 1.07 bits per heavy atom. The molecule has 2 heterocycles. The van der Waals surface area contributed by atoms with Gasteiger partial charge in [-0.25, -0.2) is 4.98 Å². The minimum Gasteiger partial charge on any atom is -0.383 e. The van der Waals surface area contributed by atoms with Crippen LogP contribution in [0.3, 0.4) is 0 Å². The van der Waals surface area contributed by atoms with Crippen molar-refractivity contribution in [3.05, 3.63) is 59.3 Å². The van der Waals surface area contributed by atoms with Gasteiger partial charge in [0.25, 0.3) is 5.91 Å². The topological polar surface area (TPSA) is 74.8 Å². The van der Waals surface area contributed by atoms with E-state index in [2.05, 4.69) is 15.2 Å². The highest BCUT2D eigenvalue weighted by Crippen LogP contribution is 2.15. The molecular weight excluding hydrogens is 368 g/mol. The molecule has 0 saturated carbocycles. The number of carbonyl (C=O) groups is 2. The van der Waals surface area contributed by atoms with Crippen LogP contribution < -0.4 is 10.2 Å². The van der Waals surface area contributed by atoms with Crippen LogP contribution in [0.5, 0.6) is 0 Å². The lowest BCUT2D eigenvalue weighted by atomic mass is 10.1. The molecule has 0 atom stereocenters. The van der Waals surface area contributed by atoms with Crippen molar-refractivity contribution in [3.63, 3.8) is 0 Å². The van der Waals surface area contributed by atoms with E-state index in [4.69, 9.17) is 4.74 Å². The highest BCUT2D eigenvalue weighted by Gasteiger charge is 2.22. The summed E-state index contributed by atoms with van der Waals surface area (Å²) in [5, 5.41) is 2.78. The number of anilines is 1. The summed E-state index contributed by atoms with van der Waals surface area (Å²) in [5.41, 5.74) is 2.77. The highest BCUT2D eigenvalue weighted by molar-refractivity contribution is 5.94. The minimum atomic E-state index is -0.160. The summed E-state index contributed by atoms with van der Waals surface area (Å²) in [5.74, 6) is 0.821. The fraction of sp³-hybridized carbons (Fsp3) is 0.409. The van der Waals surface area contributed by atoms with Crippen LogP contribution in [0.4, 0.5) is 5.82 Å². The van der Waals surface area contributed by atoms with Gasteiger partial charge in [0.15, 0.2) is 0 Å². The maximum Gasteiger partial charge on any atom is 0.252 e. The molecule has 154 valence electrons. The molecular formula is C22H28N4O3. The Morgan fingerprint density at radius 2 is 1.79 bits per heavy atom. The molecule has 29 heavy (non-hydrogen) atoms. The lowest BCUT2D eigenvalue weighted by Gasteiger charge is -2.35. The second kappa shape index (κ2) is 10.0. The third-order valence-electron chi connectivity index (χ3n) is 5.03. The molecule has 0 spiro atoms. The van der Waals surface area contributed by atoms with E-state index in [-0.39, 0.29) is 11.8 Å². The van der Waals surface area contributed by atoms with Crippen LogP contribution in [0.1, 0.15) is 21.5 Å². The first kappa shape index (κ1) is 20.8. The molecule has 0 bridgehead atoms. The Balaban J connectivity index is 1.49. The number of benzene rings is 1. The van der Waals surface area contributed by atoms with Crippen molar-refractivity contribution >= 4 is 17.6 Å². The monoisotopic (exact) mass is 396 g/mol. The third-order valence-corrected chi connectivity index (χ3v) is 5.03. The van der Waals surface area contributed by atoms with Gasteiger partial charge in [0, 0.05) is 46.0 Å². The Kier molecular flexibility index (Phi) is 7.19. The average Bonchev–Trinajstić information content (AvgIpc) is 2.75. The maximum atomic E-state index is 12.6. The molecule has 7 nitrogen and oxygen atoms in total. The van der Waals surface area contributed by atoms with Gasteiger partial charge < -0.3 is 19.9 Å². The van der Waals surface area contributed by atoms with E-state index in [0.717, 1.165) is 24.5 Å². The van der Waals surface area contributed by atoms with E-state index in [1.165, 1.54) is 5.56 Å². The Bertz CT molecular complexity index is 813. The second-order valence-electron chi connectivity index (χ2n) is 7.18. The summed E-state index contributed by atoms with van der Waals surface area (Å²) >= 11 is 0. The van der Waals surface area contributed by atoms with Gasteiger partial charge in [0.1, 0.15) is 5.82 Å². The smallest absolute Gasteiger partial charge is 0.252 e. The summed E-state index contributed by atoms with van der Waals surface area (Å²) in [6.07, 6.45) is 2.03. The number of methoxy groups -OCH3 is 1. The predicted molar refractivity (Wildman–Crippen MR) is 112 cm³/mol. The van der Waals surface area contributed by atoms with Gasteiger partial charge in [-0.2, -0.15) is 0 Å². The number of aryl methyl sites for hydroxylation is 1. The molecule has 0 unspecified atom stereocenters. The summed E-state index contributed by atoms with van der Waals surface area (Å²) in [6, 6.07) is 11.7. The number of aromatic nitrogens is 1. The number of pyridine rings is 1. The molecule has 1 aromatic heterocycles. The van der Waals surface area contributed by atoms with Gasteiger partial charge in [-0.05, 0) is 24.6 Å². The fourth-order valence-corrected chi connectivity index (χ4v) is 3.25. The molecule has 0 radical (unpaired) electrons. The van der Waals surface area contributed by atoms with E-state index in [0.29, 0.717) is 38.2 Å². The van der Waals surface area contributed by atoms with E-state index < -0.39 is 0 Å². The van der Waals surface area contributed by atoms with Crippen molar-refractivity contribution in [1.82, 2.24) is 15.2 Å². The van der Waals surface area contributed by atoms with Crippen LogP contribution >= 0.6 is 0 Å². The summed E-state index contributed by atoms with van der Waals surface area (Å²) in [6.45, 7) is 5.79. The maximum absolute atomic E-state index is 12.6. The lowest BCUT2D eigenvalue weighted by Crippen LogP contribution is -2.49. The molecule has 1 N–H and O–H groups in total. The zero-order chi connectivity index (χ0) is 20.6. The van der Waals surface area contributed by atoms with Crippen molar-refractivity contribution in [3.8, 4) is 0 Å². The Morgan fingerprint density at radius 3 is 2.41 bits per heavy atom. The van der Waals surface area contributed by atoms with E-state index >= 15 is 0 Å². The molecule has 1 aliphatic heterocycles. The van der Waals surface area contributed by atoms with Crippen molar-refractivity contribution in [2.75, 3.05) is 51.3 Å². The van der Waals surface area contributed by atoms with Gasteiger partial charge in [-0.3, -0.25) is 9.59 Å². The lowest BCUT2D eigenvalue weighted by molar-refractivity contribution is -0.130. The first-order valence-corrected chi connectivity index (χ1v) is 9.88. The largest absolute Gasteiger partial charge is 0.383 e. The first-order chi connectivity index (χ1) is 14.1. The summed E-state index contributed by atoms with van der Waals surface area (Å²) in [4.78, 5) is 33.1. The molecule has 2 aromatic rings. The zero-order valence-electron chi connectivity index (χ0n) is 17.1. The van der Waals surface area contributed by atoms with Crippen molar-refractivity contribution in [1.29, 1.82) is 0 Å². The number of hydrogen-bond acceptors (Lipinski definition) is 5. The van der Waals surface area contributed by atoms with Gasteiger partial charge in [-0.1, -0.05) is 29.8 Å². The van der Waals surface area contributed by atoms with Gasteiger partial charge in [-0.15, -0.1) is 0 Å². The van der Waals surface area contributed by atoms with Gasteiger partial charge in [0.2, 0.25) is 5.91 Å². The van der Waals surface area contributed by atoms with Crippen LogP contribution in [-0.4, -0.2) is 68.1 Å². The molecule has 2 amide bonds. The third kappa shape index (κ3) is 5.77. The van der Waals surface area contributed by atoms with Crippen LogP contribution in [-0.2, 0) is 16.0 Å². The number of piperazine rings is 1. The normalized spacial score (nSPS) is 14.0. The number of rotatable bonds is 7. The van der Waals surface area contributed by atoms with E-state index in [9.17, 15) is 9.59 Å². The molecule has 0 aliphatic carbocycles. The summed E-state index contributed by atoms with van der Waals surface area (Å²) < 4.78 is 4.92. The Hall–Kier alpha value is -2.93. The molecule has 1 saturated heterocycles. The minimum absolute atomic E-state index is 0.157. The van der Waals surface area contributed by atoms with Crippen LogP contribution in [0.15, 0.2) is 42.6 Å². The Labute approximate surface area is 171 Å². The standard InChI is InChI=1S/C22H28N4O3/c1-17-3-5-18(6-4-17)15-21(27)26-12-10-25(11-13-26)20-8-7-19(16-24-20)22(28)23-9-14-29-2/h3-8,16H,9-15H2,1-2H3,(H,23,28). The highest BCUT2D eigenvalue weighted by atomic mass is 16.5. The number of nitrogens with zero attached hydrogens (tertiary/aromatic N) is 3. The predicted octanol–water partition coefficient (Wildman–Crippen LogP) is 1.66. The molecule has 3 rings (SSSR count). The van der Waals surface area contributed by atoms with Gasteiger partial charge in [0.05, 0.1) is 18.6 Å². The van der Waals surface area contributed by atoms with Crippen LogP contribution in [0.25, 0.3) is 0 Å². The summed E-state index contributed by atoms with van der Waals surface area (Å²) in [7, 11) is 1.60. The zero-order valence-corrected chi connectivity index (χ0v) is 17.1. The van der Waals surface area contributed by atoms with Crippen molar-refractivity contribution < 1.29 is 14.3 Å². The number of hydrogen-bond donors (Lipinski definition) is 1. The molecule has 1 fully saturated rings. The molecule has 7 heteroatoms. The number of nitrogens with one attached hydrogen (secondary N) is 1. The first-order valence-electron chi connectivity index (χ1n) is 9.88. The quantitative estimate of drug-likeness (QED) is 0.721. The number of amides is 2. The van der Waals surface area contributed by atoms with Crippen molar-refractivity contribution in [2.45, 2.75) is 13.3 Å². The fourth-order valence-electron chi connectivity index (χ4n) is 3.25. The number of ether oxygens (including phenoxy) is 1. The van der Waals surface area contributed by atoms with E-state index in [1.807, 2.05) is 42.2 Å². The second-order valence-corrected chi connectivity index (χ2v) is 7.18. The SMILES string of the molecule is COCCNC(=O)c1ccc(N2CCN(C(=O)Cc3ccc(C)cc3)CC2)nc1. The van der Waals surface area contributed by atoms with Crippen molar-refractivity contribution in [2.24, 2.45) is 0 Å². The van der Waals surface area contributed by atoms with Crippen LogP contribution in [0, 0.1) is 6.92 Å². The molecule has 1 aliphatic rings. The van der Waals surface area contributed by atoms with Crippen LogP contribution in [0.2, 0.25) is 0 Å². The molecule has 1 aromatic carbocycles.